The van der Waals surface area contributed by atoms with Gasteiger partial charge in [0.05, 0.1) is 18.8 Å². The lowest BCUT2D eigenvalue weighted by Gasteiger charge is -2.17. The van der Waals surface area contributed by atoms with E-state index < -0.39 is 5.97 Å². The van der Waals surface area contributed by atoms with Gasteiger partial charge in [-0.1, -0.05) is 30.0 Å². The number of benzene rings is 1. The molecule has 0 spiro atoms. The number of aromatic nitrogens is 3. The maximum absolute atomic E-state index is 12.8. The van der Waals surface area contributed by atoms with E-state index in [4.69, 9.17) is 9.47 Å². The molecule has 2 aromatic heterocycles. The molecule has 3 rings (SSSR count). The Kier molecular flexibility index (Phi) is 7.35. The third kappa shape index (κ3) is 4.75. The molecule has 1 atom stereocenters. The summed E-state index contributed by atoms with van der Waals surface area (Å²) in [5.74, 6) is -0.834. The van der Waals surface area contributed by atoms with Crippen molar-refractivity contribution in [1.29, 1.82) is 0 Å². The summed E-state index contributed by atoms with van der Waals surface area (Å²) in [4.78, 5) is 29.9. The van der Waals surface area contributed by atoms with Gasteiger partial charge in [-0.2, -0.15) is 0 Å². The van der Waals surface area contributed by atoms with Crippen molar-refractivity contribution in [2.45, 2.75) is 32.0 Å². The summed E-state index contributed by atoms with van der Waals surface area (Å²) in [6.07, 6.45) is 3.37. The fourth-order valence-corrected chi connectivity index (χ4v) is 4.33. The topological polar surface area (TPSA) is 75.3 Å². The van der Waals surface area contributed by atoms with Crippen LogP contribution in [0.5, 0.6) is 0 Å². The summed E-state index contributed by atoms with van der Waals surface area (Å²) in [6, 6.07) is 11.4. The fraction of sp³-hybridized carbons (Fsp3) is 0.348. The lowest BCUT2D eigenvalue weighted by atomic mass is 10.1. The van der Waals surface area contributed by atoms with E-state index in [1.807, 2.05) is 63.4 Å². The van der Waals surface area contributed by atoms with Gasteiger partial charge in [0, 0.05) is 29.7 Å². The highest BCUT2D eigenvalue weighted by molar-refractivity contribution is 7.98. The van der Waals surface area contributed by atoms with Crippen molar-refractivity contribution in [3.8, 4) is 5.69 Å². The van der Waals surface area contributed by atoms with Crippen molar-refractivity contribution in [1.82, 2.24) is 14.1 Å². The number of thioether (sulfide) groups is 1. The quantitative estimate of drug-likeness (QED) is 0.281. The number of ether oxygens (including phenoxy) is 2. The molecule has 0 fully saturated rings. The average Bonchev–Trinajstić information content (AvgIpc) is 3.33. The number of aryl methyl sites for hydroxylation is 1. The standard InChI is InChI=1S/C23H27N3O4S/c1-15-11-19(17(3)25(15)16(2)13-29-4)21(27)14-30-22(28)20-12-24-23(31-5)26(20)18-9-7-6-8-10-18/h6-12,16H,13-14H2,1-5H3. The van der Waals surface area contributed by atoms with Crippen LogP contribution in [0.25, 0.3) is 5.69 Å². The number of methoxy groups -OCH3 is 1. The second-order valence-electron chi connectivity index (χ2n) is 7.26. The first-order valence-electron chi connectivity index (χ1n) is 9.93. The minimum atomic E-state index is -0.591. The Labute approximate surface area is 186 Å². The number of Topliss-reactive ketones (excluding diaryl/α,β-unsaturated/α-hetero) is 1. The molecular formula is C23H27N3O4S. The second-order valence-corrected chi connectivity index (χ2v) is 8.03. The third-order valence-corrected chi connectivity index (χ3v) is 5.76. The van der Waals surface area contributed by atoms with Gasteiger partial charge in [-0.25, -0.2) is 9.78 Å². The Morgan fingerprint density at radius 2 is 1.90 bits per heavy atom. The molecule has 0 N–H and O–H groups in total. The maximum Gasteiger partial charge on any atom is 0.357 e. The molecule has 8 heteroatoms. The molecule has 0 aliphatic rings. The number of carbonyl (C=O) groups excluding carboxylic acids is 2. The molecule has 7 nitrogen and oxygen atoms in total. The molecule has 1 unspecified atom stereocenters. The summed E-state index contributed by atoms with van der Waals surface area (Å²) < 4.78 is 14.4. The SMILES string of the molecule is COCC(C)n1c(C)cc(C(=O)COC(=O)c2cnc(SC)n2-c2ccccc2)c1C. The summed E-state index contributed by atoms with van der Waals surface area (Å²) >= 11 is 1.43. The van der Waals surface area contributed by atoms with Gasteiger partial charge in [0.2, 0.25) is 5.78 Å². The van der Waals surface area contributed by atoms with Crippen LogP contribution in [0.1, 0.15) is 45.2 Å². The van der Waals surface area contributed by atoms with Crippen LogP contribution in [0, 0.1) is 13.8 Å². The Morgan fingerprint density at radius 3 is 2.55 bits per heavy atom. The summed E-state index contributed by atoms with van der Waals surface area (Å²) in [7, 11) is 1.65. The van der Waals surface area contributed by atoms with E-state index in [0.29, 0.717) is 17.3 Å². The zero-order chi connectivity index (χ0) is 22.5. The molecular weight excluding hydrogens is 414 g/mol. The molecule has 0 radical (unpaired) electrons. The van der Waals surface area contributed by atoms with Crippen LogP contribution < -0.4 is 0 Å². The number of para-hydroxylation sites is 1. The number of ketones is 1. The Bertz CT molecular complexity index is 1070. The smallest absolute Gasteiger partial charge is 0.357 e. The molecule has 31 heavy (non-hydrogen) atoms. The van der Waals surface area contributed by atoms with Crippen molar-refractivity contribution in [2.24, 2.45) is 0 Å². The minimum absolute atomic E-state index is 0.0966. The van der Waals surface area contributed by atoms with Gasteiger partial charge in [-0.05, 0) is 45.2 Å². The first kappa shape index (κ1) is 22.8. The van der Waals surface area contributed by atoms with Crippen LogP contribution in [0.4, 0.5) is 0 Å². The number of esters is 1. The molecule has 0 aliphatic heterocycles. The van der Waals surface area contributed by atoms with Crippen LogP contribution in [0.2, 0.25) is 0 Å². The molecule has 1 aromatic carbocycles. The predicted molar refractivity (Wildman–Crippen MR) is 120 cm³/mol. The molecule has 0 amide bonds. The van der Waals surface area contributed by atoms with E-state index >= 15 is 0 Å². The zero-order valence-corrected chi connectivity index (χ0v) is 19.2. The van der Waals surface area contributed by atoms with E-state index in [9.17, 15) is 9.59 Å². The molecule has 0 saturated heterocycles. The lowest BCUT2D eigenvalue weighted by Crippen LogP contribution is -2.18. The van der Waals surface area contributed by atoms with Crippen LogP contribution in [0.3, 0.4) is 0 Å². The Balaban J connectivity index is 1.78. The Morgan fingerprint density at radius 1 is 1.19 bits per heavy atom. The van der Waals surface area contributed by atoms with Crippen LogP contribution in [-0.2, 0) is 9.47 Å². The van der Waals surface area contributed by atoms with Crippen LogP contribution >= 0.6 is 11.8 Å². The fourth-order valence-electron chi connectivity index (χ4n) is 3.79. The average molecular weight is 442 g/mol. The van der Waals surface area contributed by atoms with Crippen molar-refractivity contribution in [2.75, 3.05) is 26.6 Å². The van der Waals surface area contributed by atoms with Crippen molar-refractivity contribution in [3.63, 3.8) is 0 Å². The van der Waals surface area contributed by atoms with Gasteiger partial charge in [0.25, 0.3) is 0 Å². The van der Waals surface area contributed by atoms with Crippen LogP contribution in [0.15, 0.2) is 47.8 Å². The first-order chi connectivity index (χ1) is 14.9. The number of nitrogens with zero attached hydrogens (tertiary/aromatic N) is 3. The number of carbonyl (C=O) groups is 2. The Hall–Kier alpha value is -2.84. The van der Waals surface area contributed by atoms with Crippen molar-refractivity contribution in [3.05, 3.63) is 65.2 Å². The molecule has 0 bridgehead atoms. The molecule has 2 heterocycles. The van der Waals surface area contributed by atoms with Gasteiger partial charge in [-0.3, -0.25) is 9.36 Å². The van der Waals surface area contributed by atoms with Gasteiger partial charge >= 0.3 is 5.97 Å². The van der Waals surface area contributed by atoms with Gasteiger partial charge in [0.15, 0.2) is 17.5 Å². The highest BCUT2D eigenvalue weighted by atomic mass is 32.2. The van der Waals surface area contributed by atoms with E-state index in [-0.39, 0.29) is 24.1 Å². The number of rotatable bonds is 9. The normalized spacial score (nSPS) is 12.0. The minimum Gasteiger partial charge on any atom is -0.453 e. The number of imidazole rings is 1. The van der Waals surface area contributed by atoms with Gasteiger partial charge in [0.1, 0.15) is 0 Å². The second kappa shape index (κ2) is 9.98. The summed E-state index contributed by atoms with van der Waals surface area (Å²) in [5.41, 5.74) is 3.43. The van der Waals surface area contributed by atoms with Gasteiger partial charge < -0.3 is 14.0 Å². The van der Waals surface area contributed by atoms with E-state index in [2.05, 4.69) is 9.55 Å². The lowest BCUT2D eigenvalue weighted by molar-refractivity contribution is 0.0466. The molecule has 164 valence electrons. The summed E-state index contributed by atoms with van der Waals surface area (Å²) in [6.45, 7) is 6.08. The third-order valence-electron chi connectivity index (χ3n) is 5.10. The monoisotopic (exact) mass is 441 g/mol. The molecule has 3 aromatic rings. The van der Waals surface area contributed by atoms with E-state index in [1.54, 1.807) is 11.7 Å². The number of hydrogen-bond acceptors (Lipinski definition) is 6. The van der Waals surface area contributed by atoms with Crippen molar-refractivity contribution < 1.29 is 19.1 Å². The predicted octanol–water partition coefficient (Wildman–Crippen LogP) is 4.26. The first-order valence-corrected chi connectivity index (χ1v) is 11.2. The molecule has 0 saturated carbocycles. The largest absolute Gasteiger partial charge is 0.453 e. The zero-order valence-electron chi connectivity index (χ0n) is 18.4. The van der Waals surface area contributed by atoms with Crippen molar-refractivity contribution >= 4 is 23.5 Å². The highest BCUT2D eigenvalue weighted by Gasteiger charge is 2.23. The van der Waals surface area contributed by atoms with E-state index in [1.165, 1.54) is 18.0 Å². The van der Waals surface area contributed by atoms with E-state index in [0.717, 1.165) is 17.1 Å². The highest BCUT2D eigenvalue weighted by Crippen LogP contribution is 2.23. The summed E-state index contributed by atoms with van der Waals surface area (Å²) in [5, 5.41) is 0.667. The number of hydrogen-bond donors (Lipinski definition) is 0. The maximum atomic E-state index is 12.8. The van der Waals surface area contributed by atoms with Gasteiger partial charge in [-0.15, -0.1) is 0 Å². The molecule has 0 aliphatic carbocycles. The van der Waals surface area contributed by atoms with Crippen LogP contribution in [-0.4, -0.2) is 52.5 Å².